The summed E-state index contributed by atoms with van der Waals surface area (Å²) < 4.78 is 1.49. The number of nitrogens with zero attached hydrogens (tertiary/aromatic N) is 4. The van der Waals surface area contributed by atoms with E-state index in [-0.39, 0.29) is 6.54 Å². The van der Waals surface area contributed by atoms with E-state index >= 15 is 0 Å². The van der Waals surface area contributed by atoms with Crippen LogP contribution in [0.2, 0.25) is 0 Å². The number of rotatable bonds is 6. The molecule has 0 aliphatic carbocycles. The van der Waals surface area contributed by atoms with Crippen LogP contribution in [0, 0.1) is 5.92 Å². The summed E-state index contributed by atoms with van der Waals surface area (Å²) in [5, 5.41) is 7.97. The molecule has 1 unspecified atom stereocenters. The van der Waals surface area contributed by atoms with E-state index in [4.69, 9.17) is 11.5 Å². The molecule has 1 aromatic heterocycles. The largest absolute Gasteiger partial charge is 0.368 e. The zero-order chi connectivity index (χ0) is 13.7. The number of nitrogens with two attached hydrogens (primary N) is 2. The summed E-state index contributed by atoms with van der Waals surface area (Å²) in [5.41, 5.74) is 11.6. The average molecular weight is 266 g/mol. The maximum Gasteiger partial charge on any atom is 0.239 e. The van der Waals surface area contributed by atoms with Crippen molar-refractivity contribution < 1.29 is 4.79 Å². The molecular formula is C12H22N6O. The molecule has 0 radical (unpaired) electrons. The summed E-state index contributed by atoms with van der Waals surface area (Å²) in [6, 6.07) is 0. The lowest BCUT2D eigenvalue weighted by molar-refractivity contribution is -0.118. The number of piperidine rings is 1. The van der Waals surface area contributed by atoms with Crippen molar-refractivity contribution in [3.05, 3.63) is 11.9 Å². The summed E-state index contributed by atoms with van der Waals surface area (Å²) in [7, 11) is 0. The van der Waals surface area contributed by atoms with Gasteiger partial charge in [0.15, 0.2) is 0 Å². The van der Waals surface area contributed by atoms with Crippen molar-refractivity contribution in [1.82, 2.24) is 19.9 Å². The van der Waals surface area contributed by atoms with Crippen LogP contribution in [-0.2, 0) is 17.9 Å². The molecule has 7 nitrogen and oxygen atoms in total. The Morgan fingerprint density at radius 2 is 2.37 bits per heavy atom. The highest BCUT2D eigenvalue weighted by atomic mass is 16.1. The van der Waals surface area contributed by atoms with E-state index in [1.54, 1.807) is 6.20 Å². The Hall–Kier alpha value is -1.47. The molecule has 0 bridgehead atoms. The fraction of sp³-hybridized carbons (Fsp3) is 0.750. The van der Waals surface area contributed by atoms with Gasteiger partial charge in [0, 0.05) is 13.1 Å². The summed E-state index contributed by atoms with van der Waals surface area (Å²) in [6.07, 6.45) is 5.35. The maximum atomic E-state index is 10.8. The molecule has 0 spiro atoms. The molecule has 1 saturated heterocycles. The topological polar surface area (TPSA) is 103 Å². The lowest BCUT2D eigenvalue weighted by atomic mass is 9.95. The third-order valence-electron chi connectivity index (χ3n) is 3.47. The molecular weight excluding hydrogens is 244 g/mol. The number of carbonyl (C=O) groups is 1. The predicted octanol–water partition coefficient (Wildman–Crippen LogP) is -0.676. The van der Waals surface area contributed by atoms with Crippen LogP contribution in [0.5, 0.6) is 0 Å². The van der Waals surface area contributed by atoms with Crippen molar-refractivity contribution in [1.29, 1.82) is 0 Å². The van der Waals surface area contributed by atoms with Crippen molar-refractivity contribution in [2.75, 3.05) is 19.6 Å². The Morgan fingerprint density at radius 3 is 3.11 bits per heavy atom. The average Bonchev–Trinajstić information content (AvgIpc) is 2.76. The number of aromatic nitrogens is 3. The lowest BCUT2D eigenvalue weighted by Crippen LogP contribution is -2.35. The SMILES string of the molecule is NCCC1CCCN(Cc2cn(CC(N)=O)nn2)C1. The molecule has 4 N–H and O–H groups in total. The third-order valence-corrected chi connectivity index (χ3v) is 3.47. The minimum absolute atomic E-state index is 0.0861. The molecule has 1 aliphatic rings. The highest BCUT2D eigenvalue weighted by Crippen LogP contribution is 2.20. The number of hydrogen-bond donors (Lipinski definition) is 2. The van der Waals surface area contributed by atoms with Crippen molar-refractivity contribution in [2.24, 2.45) is 17.4 Å². The summed E-state index contributed by atoms with van der Waals surface area (Å²) >= 11 is 0. The first-order chi connectivity index (χ1) is 9.17. The Balaban J connectivity index is 1.86. The molecule has 106 valence electrons. The van der Waals surface area contributed by atoms with Crippen molar-refractivity contribution in [3.8, 4) is 0 Å². The molecule has 7 heteroatoms. The standard InChI is InChI=1S/C12H22N6O/c13-4-3-10-2-1-5-17(6-10)7-11-8-18(16-15-11)9-12(14)19/h8,10H,1-7,9,13H2,(H2,14,19). The Kier molecular flexibility index (Phi) is 4.86. The zero-order valence-electron chi connectivity index (χ0n) is 11.2. The van der Waals surface area contributed by atoms with Gasteiger partial charge in [0.1, 0.15) is 6.54 Å². The summed E-state index contributed by atoms with van der Waals surface area (Å²) in [5.74, 6) is 0.289. The van der Waals surface area contributed by atoms with Crippen molar-refractivity contribution in [2.45, 2.75) is 32.4 Å². The van der Waals surface area contributed by atoms with E-state index in [1.807, 2.05) is 0 Å². The van der Waals surface area contributed by atoms with Crippen molar-refractivity contribution in [3.63, 3.8) is 0 Å². The molecule has 1 aliphatic heterocycles. The van der Waals surface area contributed by atoms with Crippen LogP contribution in [0.15, 0.2) is 6.20 Å². The second-order valence-corrected chi connectivity index (χ2v) is 5.19. The number of amides is 1. The Bertz CT molecular complexity index is 416. The van der Waals surface area contributed by atoms with Gasteiger partial charge in [-0.25, -0.2) is 4.68 Å². The molecule has 1 aromatic rings. The molecule has 19 heavy (non-hydrogen) atoms. The van der Waals surface area contributed by atoms with Gasteiger partial charge in [-0.2, -0.15) is 0 Å². The number of hydrogen-bond acceptors (Lipinski definition) is 5. The molecule has 1 fully saturated rings. The van der Waals surface area contributed by atoms with Crippen LogP contribution >= 0.6 is 0 Å². The first kappa shape index (κ1) is 14.0. The third kappa shape index (κ3) is 4.29. The second-order valence-electron chi connectivity index (χ2n) is 5.19. The van der Waals surface area contributed by atoms with Gasteiger partial charge >= 0.3 is 0 Å². The van der Waals surface area contributed by atoms with Gasteiger partial charge in [0.25, 0.3) is 0 Å². The van der Waals surface area contributed by atoms with E-state index < -0.39 is 5.91 Å². The predicted molar refractivity (Wildman–Crippen MR) is 70.9 cm³/mol. The minimum Gasteiger partial charge on any atom is -0.368 e. The van der Waals surface area contributed by atoms with E-state index in [9.17, 15) is 4.79 Å². The van der Waals surface area contributed by atoms with Crippen LogP contribution in [0.4, 0.5) is 0 Å². The van der Waals surface area contributed by atoms with Gasteiger partial charge in [0.2, 0.25) is 5.91 Å². The zero-order valence-corrected chi connectivity index (χ0v) is 11.2. The van der Waals surface area contributed by atoms with Gasteiger partial charge in [-0.15, -0.1) is 5.10 Å². The monoisotopic (exact) mass is 266 g/mol. The Labute approximate surface area is 112 Å². The normalized spacial score (nSPS) is 20.6. The molecule has 2 rings (SSSR count). The minimum atomic E-state index is -0.405. The number of likely N-dealkylation sites (tertiary alicyclic amines) is 1. The first-order valence-corrected chi connectivity index (χ1v) is 6.77. The fourth-order valence-electron chi connectivity index (χ4n) is 2.64. The van der Waals surface area contributed by atoms with Crippen LogP contribution in [-0.4, -0.2) is 45.4 Å². The van der Waals surface area contributed by atoms with Crippen LogP contribution in [0.25, 0.3) is 0 Å². The van der Waals surface area contributed by atoms with E-state index in [0.717, 1.165) is 38.3 Å². The van der Waals surface area contributed by atoms with E-state index in [1.165, 1.54) is 17.5 Å². The van der Waals surface area contributed by atoms with Gasteiger partial charge < -0.3 is 11.5 Å². The Morgan fingerprint density at radius 1 is 1.53 bits per heavy atom. The van der Waals surface area contributed by atoms with Gasteiger partial charge in [0.05, 0.1) is 11.9 Å². The molecule has 1 amide bonds. The van der Waals surface area contributed by atoms with Gasteiger partial charge in [-0.1, -0.05) is 5.21 Å². The van der Waals surface area contributed by atoms with Crippen LogP contribution in [0.1, 0.15) is 25.0 Å². The smallest absolute Gasteiger partial charge is 0.239 e. The highest BCUT2D eigenvalue weighted by molar-refractivity contribution is 5.73. The molecule has 0 saturated carbocycles. The van der Waals surface area contributed by atoms with Crippen molar-refractivity contribution >= 4 is 5.91 Å². The lowest BCUT2D eigenvalue weighted by Gasteiger charge is -2.31. The van der Waals surface area contributed by atoms with Gasteiger partial charge in [-0.3, -0.25) is 9.69 Å². The van der Waals surface area contributed by atoms with E-state index in [0.29, 0.717) is 5.92 Å². The molecule has 1 atom stereocenters. The quantitative estimate of drug-likeness (QED) is 0.710. The fourth-order valence-corrected chi connectivity index (χ4v) is 2.64. The van der Waals surface area contributed by atoms with Crippen LogP contribution in [0.3, 0.4) is 0 Å². The van der Waals surface area contributed by atoms with Crippen LogP contribution < -0.4 is 11.5 Å². The first-order valence-electron chi connectivity index (χ1n) is 6.77. The summed E-state index contributed by atoms with van der Waals surface area (Å²) in [4.78, 5) is 13.2. The maximum absolute atomic E-state index is 10.8. The summed E-state index contributed by atoms with van der Waals surface area (Å²) in [6.45, 7) is 3.78. The van der Waals surface area contributed by atoms with E-state index in [2.05, 4.69) is 15.2 Å². The highest BCUT2D eigenvalue weighted by Gasteiger charge is 2.20. The molecule has 2 heterocycles. The second kappa shape index (κ2) is 6.63. The van der Waals surface area contributed by atoms with Gasteiger partial charge in [-0.05, 0) is 38.3 Å². The number of primary amides is 1. The number of carbonyl (C=O) groups excluding carboxylic acids is 1. The molecule has 0 aromatic carbocycles.